The highest BCUT2D eigenvalue weighted by Crippen LogP contribution is 2.40. The minimum atomic E-state index is -4.82. The number of hydrogen-bond acceptors (Lipinski definition) is 10. The van der Waals surface area contributed by atoms with E-state index in [1.54, 1.807) is 0 Å². The second-order valence-corrected chi connectivity index (χ2v) is 18.4. The SMILES string of the molecule is C[N+](C)(C)CCOP(=O)([O-])OC(COC(=O)COCc1cc(I)cc(I)c1I)COC(=O)COCc1cc(I)cc(I)c1I. The molecule has 1 unspecified atom stereocenters. The Labute approximate surface area is 338 Å². The summed E-state index contributed by atoms with van der Waals surface area (Å²) in [6.45, 7) is -1.12. The van der Waals surface area contributed by atoms with Crippen LogP contribution in [0, 0.1) is 21.4 Å². The van der Waals surface area contributed by atoms with Crippen LogP contribution in [0.4, 0.5) is 0 Å². The zero-order chi connectivity index (χ0) is 33.1. The number of phosphoric acid groups is 1. The van der Waals surface area contributed by atoms with Crippen molar-refractivity contribution in [3.05, 3.63) is 56.8 Å². The van der Waals surface area contributed by atoms with E-state index in [0.717, 1.165) is 32.5 Å². The standard InChI is InChI=1S/C26H30I6NO10P/c1-33(2,3)4-5-42-44(36,37)43-20(12-40-23(34)14-38-10-16-6-18(27)8-21(29)25(16)31)13-41-24(35)15-39-11-17-7-19(28)9-22(30)26(17)32/h6-9,20H,4-5,10-15H2,1-3H3. The molecule has 0 aromatic heterocycles. The van der Waals surface area contributed by atoms with Crippen LogP contribution in [0.25, 0.3) is 0 Å². The summed E-state index contributed by atoms with van der Waals surface area (Å²) in [5.74, 6) is -1.48. The van der Waals surface area contributed by atoms with E-state index >= 15 is 0 Å². The summed E-state index contributed by atoms with van der Waals surface area (Å²) >= 11 is 13.3. The van der Waals surface area contributed by atoms with E-state index in [2.05, 4.69) is 136 Å². The quantitative estimate of drug-likeness (QED) is 0.0603. The van der Waals surface area contributed by atoms with Crippen molar-refractivity contribution in [2.75, 3.05) is 60.7 Å². The Balaban J connectivity index is 1.92. The van der Waals surface area contributed by atoms with Gasteiger partial charge in [0.2, 0.25) is 0 Å². The number of halogens is 6. The predicted octanol–water partition coefficient (Wildman–Crippen LogP) is 5.71. The van der Waals surface area contributed by atoms with Crippen LogP contribution in [0.5, 0.6) is 0 Å². The average molecular weight is 1310 g/mol. The van der Waals surface area contributed by atoms with Crippen LogP contribution in [0.15, 0.2) is 24.3 Å². The Hall–Kier alpha value is 1.75. The Morgan fingerprint density at radius 2 is 1.23 bits per heavy atom. The van der Waals surface area contributed by atoms with Crippen molar-refractivity contribution in [3.8, 4) is 0 Å². The third kappa shape index (κ3) is 16.9. The fourth-order valence-electron chi connectivity index (χ4n) is 3.12. The summed E-state index contributed by atoms with van der Waals surface area (Å²) in [5, 5.41) is 0. The molecule has 0 fully saturated rings. The van der Waals surface area contributed by atoms with Crippen molar-refractivity contribution in [3.63, 3.8) is 0 Å². The van der Waals surface area contributed by atoms with Gasteiger partial charge in [-0.1, -0.05) is 0 Å². The van der Waals surface area contributed by atoms with Crippen LogP contribution >= 0.6 is 143 Å². The van der Waals surface area contributed by atoms with Gasteiger partial charge in [0.25, 0.3) is 7.82 Å². The van der Waals surface area contributed by atoms with E-state index in [9.17, 15) is 19.0 Å². The molecule has 0 heterocycles. The molecule has 0 spiro atoms. The molecule has 2 rings (SSSR count). The van der Waals surface area contributed by atoms with Gasteiger partial charge < -0.3 is 37.4 Å². The maximum absolute atomic E-state index is 12.5. The first-order valence-corrected chi connectivity index (χ1v) is 20.6. The second-order valence-electron chi connectivity index (χ2n) is 10.1. The lowest BCUT2D eigenvalue weighted by atomic mass is 10.2. The molecule has 0 aliphatic carbocycles. The number of ether oxygens (including phenoxy) is 4. The number of nitrogens with zero attached hydrogens (tertiary/aromatic N) is 1. The summed E-state index contributed by atoms with van der Waals surface area (Å²) in [6.07, 6.45) is -1.34. The smallest absolute Gasteiger partial charge is 0.332 e. The van der Waals surface area contributed by atoms with E-state index in [0.29, 0.717) is 11.0 Å². The number of carbonyl (C=O) groups is 2. The Morgan fingerprint density at radius 1 is 0.795 bits per heavy atom. The van der Waals surface area contributed by atoms with Gasteiger partial charge in [-0.05, 0) is 171 Å². The van der Waals surface area contributed by atoms with Gasteiger partial charge in [0.1, 0.15) is 45.7 Å². The van der Waals surface area contributed by atoms with E-state index in [1.807, 2.05) is 45.4 Å². The predicted molar refractivity (Wildman–Crippen MR) is 212 cm³/mol. The normalized spacial score (nSPS) is 13.2. The van der Waals surface area contributed by atoms with Crippen LogP contribution in [0.1, 0.15) is 11.1 Å². The molecule has 11 nitrogen and oxygen atoms in total. The molecule has 0 bridgehead atoms. The van der Waals surface area contributed by atoms with Crippen LogP contribution in [0.2, 0.25) is 0 Å². The molecule has 0 N–H and O–H groups in total. The van der Waals surface area contributed by atoms with Gasteiger partial charge in [-0.2, -0.15) is 0 Å². The molecule has 0 saturated heterocycles. The van der Waals surface area contributed by atoms with E-state index in [1.165, 1.54) is 0 Å². The van der Waals surface area contributed by atoms with Gasteiger partial charge in [0.05, 0.1) is 34.4 Å². The highest BCUT2D eigenvalue weighted by Gasteiger charge is 2.23. The second kappa shape index (κ2) is 20.4. The van der Waals surface area contributed by atoms with Crippen molar-refractivity contribution >= 4 is 155 Å². The number of likely N-dealkylation sites (N-methyl/N-ethyl adjacent to an activating group) is 1. The molecule has 44 heavy (non-hydrogen) atoms. The maximum Gasteiger partial charge on any atom is 0.332 e. The molecular formula is C26H30I6NO10P. The molecule has 2 aromatic carbocycles. The number of hydrogen-bond donors (Lipinski definition) is 0. The number of esters is 2. The molecule has 18 heteroatoms. The largest absolute Gasteiger partial charge is 0.756 e. The van der Waals surface area contributed by atoms with Gasteiger partial charge in [0.15, 0.2) is 0 Å². The summed E-state index contributed by atoms with van der Waals surface area (Å²) in [5.41, 5.74) is 1.85. The summed E-state index contributed by atoms with van der Waals surface area (Å²) < 4.78 is 50.7. The van der Waals surface area contributed by atoms with E-state index in [4.69, 9.17) is 28.0 Å². The van der Waals surface area contributed by atoms with Crippen molar-refractivity contribution in [1.82, 2.24) is 0 Å². The zero-order valence-electron chi connectivity index (χ0n) is 23.8. The lowest BCUT2D eigenvalue weighted by Gasteiger charge is -2.29. The fourth-order valence-corrected chi connectivity index (χ4v) is 8.84. The van der Waals surface area contributed by atoms with Crippen LogP contribution in [-0.4, -0.2) is 83.2 Å². The van der Waals surface area contributed by atoms with Crippen molar-refractivity contribution in [2.45, 2.75) is 19.3 Å². The molecule has 0 aliphatic heterocycles. The molecular weight excluding hydrogens is 1280 g/mol. The average Bonchev–Trinajstić information content (AvgIpc) is 2.90. The highest BCUT2D eigenvalue weighted by molar-refractivity contribution is 14.1. The van der Waals surface area contributed by atoms with Crippen molar-refractivity contribution in [2.24, 2.45) is 0 Å². The van der Waals surface area contributed by atoms with Crippen LogP contribution in [0.3, 0.4) is 0 Å². The first-order valence-electron chi connectivity index (χ1n) is 12.6. The van der Waals surface area contributed by atoms with Gasteiger partial charge in [-0.3, -0.25) is 4.57 Å². The molecule has 0 saturated carbocycles. The highest BCUT2D eigenvalue weighted by atomic mass is 127. The van der Waals surface area contributed by atoms with Gasteiger partial charge in [-0.15, -0.1) is 0 Å². The lowest BCUT2D eigenvalue weighted by molar-refractivity contribution is -0.870. The van der Waals surface area contributed by atoms with Gasteiger partial charge >= 0.3 is 11.9 Å². The first kappa shape index (κ1) is 41.9. The zero-order valence-corrected chi connectivity index (χ0v) is 37.6. The number of quaternary nitrogens is 1. The monoisotopic (exact) mass is 1310 g/mol. The molecule has 2 aromatic rings. The number of phosphoric ester groups is 1. The number of rotatable bonds is 18. The van der Waals surface area contributed by atoms with Gasteiger partial charge in [0, 0.05) is 21.4 Å². The molecule has 0 amide bonds. The fraction of sp³-hybridized carbons (Fsp3) is 0.462. The third-order valence-electron chi connectivity index (χ3n) is 5.24. The Kier molecular flexibility index (Phi) is 19.5. The Bertz CT molecular complexity index is 1260. The minimum absolute atomic E-state index is 0.120. The maximum atomic E-state index is 12.5. The Morgan fingerprint density at radius 3 is 1.64 bits per heavy atom. The first-order chi connectivity index (χ1) is 20.5. The van der Waals surface area contributed by atoms with Crippen molar-refractivity contribution in [1.29, 1.82) is 0 Å². The summed E-state index contributed by atoms with van der Waals surface area (Å²) in [7, 11) is 0.827. The summed E-state index contributed by atoms with van der Waals surface area (Å²) in [6, 6.07) is 7.99. The lowest BCUT2D eigenvalue weighted by Crippen LogP contribution is -2.38. The van der Waals surface area contributed by atoms with E-state index < -0.39 is 39.1 Å². The van der Waals surface area contributed by atoms with Gasteiger partial charge in [-0.25, -0.2) is 9.59 Å². The topological polar surface area (TPSA) is 130 Å². The molecule has 0 aliphatic rings. The minimum Gasteiger partial charge on any atom is -0.756 e. The summed E-state index contributed by atoms with van der Waals surface area (Å²) in [4.78, 5) is 37.2. The molecule has 0 radical (unpaired) electrons. The molecule has 1 atom stereocenters. The van der Waals surface area contributed by atoms with Crippen LogP contribution < -0.4 is 4.89 Å². The third-order valence-corrected chi connectivity index (χ3v) is 13.9. The number of benzene rings is 2. The molecule has 246 valence electrons. The van der Waals surface area contributed by atoms with Crippen molar-refractivity contribution < 1.29 is 51.5 Å². The van der Waals surface area contributed by atoms with E-state index in [-0.39, 0.29) is 33.0 Å². The number of carbonyl (C=O) groups excluding carboxylic acids is 2. The van der Waals surface area contributed by atoms with Crippen LogP contribution in [-0.2, 0) is 55.4 Å².